The van der Waals surface area contributed by atoms with E-state index in [1.54, 1.807) is 20.3 Å². The number of hydrogen-bond acceptors (Lipinski definition) is 8. The fraction of sp³-hybridized carbons (Fsp3) is 0.290. The maximum absolute atomic E-state index is 12.8. The van der Waals surface area contributed by atoms with E-state index in [2.05, 4.69) is 21.3 Å². The fourth-order valence-corrected chi connectivity index (χ4v) is 5.14. The first-order valence-electron chi connectivity index (χ1n) is 13.2. The largest absolute Gasteiger partial charge is 0.493 e. The minimum absolute atomic E-state index is 0.0828. The van der Waals surface area contributed by atoms with E-state index in [-0.39, 0.29) is 5.91 Å². The molecule has 0 aliphatic carbocycles. The summed E-state index contributed by atoms with van der Waals surface area (Å²) < 4.78 is 10.8. The summed E-state index contributed by atoms with van der Waals surface area (Å²) in [5.41, 5.74) is 11.3. The molecule has 5 rings (SSSR count). The van der Waals surface area contributed by atoms with Gasteiger partial charge in [0.25, 0.3) is 5.91 Å². The number of nitrogen functional groups attached to an aromatic ring is 1. The molecule has 9 heteroatoms. The van der Waals surface area contributed by atoms with E-state index in [1.807, 2.05) is 55.5 Å². The summed E-state index contributed by atoms with van der Waals surface area (Å²) in [6.07, 6.45) is 1.81. The van der Waals surface area contributed by atoms with Crippen LogP contribution in [0.4, 0.5) is 11.8 Å². The lowest BCUT2D eigenvalue weighted by Crippen LogP contribution is -2.39. The zero-order chi connectivity index (χ0) is 28.2. The molecule has 0 spiro atoms. The van der Waals surface area contributed by atoms with Crippen molar-refractivity contribution in [1.82, 2.24) is 15.3 Å². The van der Waals surface area contributed by atoms with Crippen molar-refractivity contribution in [3.05, 3.63) is 71.3 Å². The number of carbonyl (C=O) groups is 1. The van der Waals surface area contributed by atoms with E-state index in [1.165, 1.54) is 0 Å². The van der Waals surface area contributed by atoms with Crippen LogP contribution in [0.15, 0.2) is 54.6 Å². The summed E-state index contributed by atoms with van der Waals surface area (Å²) in [5, 5.41) is 12.9. The van der Waals surface area contributed by atoms with Crippen molar-refractivity contribution in [2.24, 2.45) is 5.92 Å². The van der Waals surface area contributed by atoms with Gasteiger partial charge in [0.05, 0.1) is 31.4 Å². The minimum atomic E-state index is -0.0828. The summed E-state index contributed by atoms with van der Waals surface area (Å²) in [7, 11) is 3.17. The molecule has 40 heavy (non-hydrogen) atoms. The molecule has 1 amide bonds. The van der Waals surface area contributed by atoms with Gasteiger partial charge in [-0.25, -0.2) is 4.98 Å². The Hall–Kier alpha value is -4.84. The summed E-state index contributed by atoms with van der Waals surface area (Å²) in [4.78, 5) is 24.2. The lowest BCUT2D eigenvalue weighted by molar-refractivity contribution is 0.0945. The van der Waals surface area contributed by atoms with Crippen molar-refractivity contribution in [1.29, 1.82) is 5.26 Å². The van der Waals surface area contributed by atoms with Crippen LogP contribution >= 0.6 is 0 Å². The molecule has 1 aromatic heterocycles. The monoisotopic (exact) mass is 536 g/mol. The second kappa shape index (κ2) is 11.5. The number of amides is 1. The van der Waals surface area contributed by atoms with E-state index in [0.717, 1.165) is 48.0 Å². The summed E-state index contributed by atoms with van der Waals surface area (Å²) in [6.45, 7) is 4.15. The van der Waals surface area contributed by atoms with E-state index < -0.39 is 0 Å². The van der Waals surface area contributed by atoms with Crippen LogP contribution in [0.5, 0.6) is 11.5 Å². The van der Waals surface area contributed by atoms with Gasteiger partial charge in [-0.2, -0.15) is 10.2 Å². The zero-order valence-electron chi connectivity index (χ0n) is 22.9. The summed E-state index contributed by atoms with van der Waals surface area (Å²) in [5.74, 6) is 2.45. The van der Waals surface area contributed by atoms with Crippen molar-refractivity contribution < 1.29 is 14.3 Å². The second-order valence-electron chi connectivity index (χ2n) is 9.99. The maximum Gasteiger partial charge on any atom is 0.251 e. The number of nitrogens with zero attached hydrogens (tertiary/aromatic N) is 4. The number of nitrogens with two attached hydrogens (primary N) is 1. The first-order valence-corrected chi connectivity index (χ1v) is 13.2. The normalized spacial score (nSPS) is 13.6. The van der Waals surface area contributed by atoms with Crippen LogP contribution in [-0.4, -0.2) is 49.7 Å². The number of rotatable bonds is 7. The molecule has 1 aliphatic rings. The van der Waals surface area contributed by atoms with Crippen LogP contribution < -0.4 is 25.4 Å². The molecule has 204 valence electrons. The molecule has 1 fully saturated rings. The molecule has 0 radical (unpaired) electrons. The van der Waals surface area contributed by atoms with Gasteiger partial charge in [0.1, 0.15) is 5.82 Å². The van der Waals surface area contributed by atoms with Crippen molar-refractivity contribution in [2.75, 3.05) is 44.5 Å². The minimum Gasteiger partial charge on any atom is -0.493 e. The number of nitriles is 1. The van der Waals surface area contributed by atoms with Gasteiger partial charge in [-0.05, 0) is 72.7 Å². The lowest BCUT2D eigenvalue weighted by Gasteiger charge is -2.32. The number of ether oxygens (including phenoxy) is 2. The Labute approximate surface area is 233 Å². The first-order chi connectivity index (χ1) is 19.4. The highest BCUT2D eigenvalue weighted by Gasteiger charge is 2.23. The standard InChI is InChI=1S/C31H32N6O3/c1-19-14-21(17-32)4-9-24(19)22-5-7-23(8-6-22)30(38)34-18-20-10-12-37(13-11-20)31-35-26-16-28(40-3)27(39-2)15-25(26)29(33)36-31/h4-9,14-16,20H,10-13,18H2,1-3H3,(H,34,38)(H2,33,35,36). The third-order valence-electron chi connectivity index (χ3n) is 7.48. The van der Waals surface area contributed by atoms with Gasteiger partial charge >= 0.3 is 0 Å². The Kier molecular flexibility index (Phi) is 7.69. The molecule has 0 unspecified atom stereocenters. The number of carbonyl (C=O) groups excluding carboxylic acids is 1. The van der Waals surface area contributed by atoms with Gasteiger partial charge in [0, 0.05) is 36.7 Å². The smallest absolute Gasteiger partial charge is 0.251 e. The summed E-state index contributed by atoms with van der Waals surface area (Å²) in [6, 6.07) is 19.0. The Morgan fingerprint density at radius 2 is 1.75 bits per heavy atom. The molecule has 1 saturated heterocycles. The maximum atomic E-state index is 12.8. The third-order valence-corrected chi connectivity index (χ3v) is 7.48. The number of fused-ring (bicyclic) bond motifs is 1. The van der Waals surface area contributed by atoms with Gasteiger partial charge in [-0.1, -0.05) is 18.2 Å². The molecule has 3 N–H and O–H groups in total. The number of methoxy groups -OCH3 is 2. The van der Waals surface area contributed by atoms with Crippen LogP contribution in [0.3, 0.4) is 0 Å². The van der Waals surface area contributed by atoms with E-state index >= 15 is 0 Å². The first kappa shape index (κ1) is 26.8. The van der Waals surface area contributed by atoms with Crippen LogP contribution in [0, 0.1) is 24.2 Å². The van der Waals surface area contributed by atoms with Crippen molar-refractivity contribution in [3.63, 3.8) is 0 Å². The van der Waals surface area contributed by atoms with E-state index in [4.69, 9.17) is 25.5 Å². The van der Waals surface area contributed by atoms with E-state index in [9.17, 15) is 4.79 Å². The van der Waals surface area contributed by atoms with Crippen LogP contribution in [0.1, 0.15) is 34.3 Å². The van der Waals surface area contributed by atoms with E-state index in [0.29, 0.717) is 52.4 Å². The van der Waals surface area contributed by atoms with Gasteiger partial charge in [-0.3, -0.25) is 4.79 Å². The molecule has 0 saturated carbocycles. The number of benzene rings is 3. The number of piperidine rings is 1. The quantitative estimate of drug-likeness (QED) is 0.347. The number of anilines is 2. The Morgan fingerprint density at radius 3 is 2.40 bits per heavy atom. The lowest BCUT2D eigenvalue weighted by atomic mass is 9.96. The molecule has 2 heterocycles. The second-order valence-corrected chi connectivity index (χ2v) is 9.99. The third kappa shape index (κ3) is 5.47. The predicted molar refractivity (Wildman–Crippen MR) is 156 cm³/mol. The zero-order valence-corrected chi connectivity index (χ0v) is 22.9. The molecule has 0 bridgehead atoms. The molecule has 4 aromatic rings. The van der Waals surface area contributed by atoms with Gasteiger partial charge in [0.2, 0.25) is 5.95 Å². The molecular weight excluding hydrogens is 504 g/mol. The predicted octanol–water partition coefficient (Wildman–Crippen LogP) is 4.72. The number of aryl methyl sites for hydroxylation is 1. The SMILES string of the molecule is COc1cc2nc(N3CCC(CNC(=O)c4ccc(-c5ccc(C#N)cc5C)cc4)CC3)nc(N)c2cc1OC. The van der Waals surface area contributed by atoms with Crippen molar-refractivity contribution in [3.8, 4) is 28.7 Å². The van der Waals surface area contributed by atoms with Crippen LogP contribution in [-0.2, 0) is 0 Å². The van der Waals surface area contributed by atoms with Gasteiger partial charge < -0.3 is 25.4 Å². The van der Waals surface area contributed by atoms with Crippen LogP contribution in [0.2, 0.25) is 0 Å². The van der Waals surface area contributed by atoms with Crippen LogP contribution in [0.25, 0.3) is 22.0 Å². The summed E-state index contributed by atoms with van der Waals surface area (Å²) >= 11 is 0. The highest BCUT2D eigenvalue weighted by atomic mass is 16.5. The molecule has 1 aliphatic heterocycles. The van der Waals surface area contributed by atoms with Gasteiger partial charge in [0.15, 0.2) is 11.5 Å². The Morgan fingerprint density at radius 1 is 1.05 bits per heavy atom. The fourth-order valence-electron chi connectivity index (χ4n) is 5.14. The molecule has 3 aromatic carbocycles. The average Bonchev–Trinajstić information content (AvgIpc) is 2.99. The topological polar surface area (TPSA) is 126 Å². The highest BCUT2D eigenvalue weighted by Crippen LogP contribution is 2.34. The molecule has 0 atom stereocenters. The van der Waals surface area contributed by atoms with Crippen molar-refractivity contribution in [2.45, 2.75) is 19.8 Å². The number of aromatic nitrogens is 2. The van der Waals surface area contributed by atoms with Gasteiger partial charge in [-0.15, -0.1) is 0 Å². The Balaban J connectivity index is 1.17. The molecular formula is C31H32N6O3. The molecule has 9 nitrogen and oxygen atoms in total. The number of hydrogen-bond donors (Lipinski definition) is 2. The highest BCUT2D eigenvalue weighted by molar-refractivity contribution is 5.95. The number of nitrogens with one attached hydrogen (secondary N) is 1. The Bertz CT molecular complexity index is 1590. The average molecular weight is 537 g/mol. The van der Waals surface area contributed by atoms with Crippen molar-refractivity contribution >= 4 is 28.6 Å².